The van der Waals surface area contributed by atoms with Gasteiger partial charge in [0.15, 0.2) is 4.77 Å². The Morgan fingerprint density at radius 2 is 2.35 bits per heavy atom. The zero-order valence-electron chi connectivity index (χ0n) is 9.90. The average Bonchev–Trinajstić information content (AvgIpc) is 2.65. The number of hydrogen-bond acceptors (Lipinski definition) is 2. The maximum atomic E-state index is 5.55. The molecule has 0 saturated carbocycles. The number of rotatable bonds is 1. The van der Waals surface area contributed by atoms with E-state index in [0.29, 0.717) is 6.04 Å². The van der Waals surface area contributed by atoms with Gasteiger partial charge in [0.1, 0.15) is 0 Å². The Morgan fingerprint density at radius 1 is 1.47 bits per heavy atom. The molecule has 2 aromatic rings. The molecule has 0 radical (unpaired) electrons. The Hall–Kier alpha value is -1.13. The molecule has 3 nitrogen and oxygen atoms in total. The van der Waals surface area contributed by atoms with Crippen molar-refractivity contribution in [1.29, 1.82) is 0 Å². The first-order chi connectivity index (χ1) is 8.25. The normalized spacial score (nSPS) is 20.9. The highest BCUT2D eigenvalue weighted by Gasteiger charge is 2.18. The molecule has 17 heavy (non-hydrogen) atoms. The lowest BCUT2D eigenvalue weighted by atomic mass is 10.1. The van der Waals surface area contributed by atoms with Crippen LogP contribution in [0.3, 0.4) is 0 Å². The van der Waals surface area contributed by atoms with Crippen molar-refractivity contribution in [2.24, 2.45) is 0 Å². The van der Waals surface area contributed by atoms with Gasteiger partial charge in [-0.1, -0.05) is 6.07 Å². The summed E-state index contributed by atoms with van der Waals surface area (Å²) < 4.78 is 8.57. The summed E-state index contributed by atoms with van der Waals surface area (Å²) in [5.41, 5.74) is 3.57. The molecular weight excluding hydrogens is 232 g/mol. The molecule has 1 aliphatic rings. The SMILES string of the molecule is Cc1ccc2c(c1)[nH]c(=S)n2C1CCCOC1. The first-order valence-electron chi connectivity index (χ1n) is 6.04. The molecule has 3 rings (SSSR count). The smallest absolute Gasteiger partial charge is 0.178 e. The number of aryl methyl sites for hydroxylation is 1. The highest BCUT2D eigenvalue weighted by molar-refractivity contribution is 7.71. The van der Waals surface area contributed by atoms with E-state index in [1.54, 1.807) is 0 Å². The number of hydrogen-bond donors (Lipinski definition) is 1. The van der Waals surface area contributed by atoms with E-state index in [4.69, 9.17) is 17.0 Å². The highest BCUT2D eigenvalue weighted by Crippen LogP contribution is 2.25. The van der Waals surface area contributed by atoms with Crippen LogP contribution in [0.15, 0.2) is 18.2 Å². The Balaban J connectivity index is 2.14. The van der Waals surface area contributed by atoms with Gasteiger partial charge in [-0.25, -0.2) is 0 Å². The first kappa shape index (κ1) is 11.0. The number of aromatic amines is 1. The zero-order chi connectivity index (χ0) is 11.8. The van der Waals surface area contributed by atoms with Gasteiger partial charge in [-0.2, -0.15) is 0 Å². The summed E-state index contributed by atoms with van der Waals surface area (Å²) >= 11 is 5.43. The Bertz CT molecular complexity index is 593. The predicted octanol–water partition coefficient (Wildman–Crippen LogP) is 3.36. The van der Waals surface area contributed by atoms with Gasteiger partial charge in [-0.15, -0.1) is 0 Å². The lowest BCUT2D eigenvalue weighted by molar-refractivity contribution is 0.0600. The minimum atomic E-state index is 0.382. The van der Waals surface area contributed by atoms with Crippen LogP contribution in [0, 0.1) is 11.7 Å². The number of imidazole rings is 1. The minimum Gasteiger partial charge on any atom is -0.379 e. The van der Waals surface area contributed by atoms with Gasteiger partial charge in [0.05, 0.1) is 23.7 Å². The molecule has 1 N–H and O–H groups in total. The van der Waals surface area contributed by atoms with Crippen LogP contribution >= 0.6 is 12.2 Å². The summed E-state index contributed by atoms with van der Waals surface area (Å²) in [5, 5.41) is 0. The average molecular weight is 248 g/mol. The standard InChI is InChI=1S/C13H16N2OS/c1-9-4-5-12-11(7-9)14-13(17)15(12)10-3-2-6-16-8-10/h4-5,7,10H,2-3,6,8H2,1H3,(H,14,17). The number of aromatic nitrogens is 2. The summed E-state index contributed by atoms with van der Waals surface area (Å²) in [7, 11) is 0. The quantitative estimate of drug-likeness (QED) is 0.784. The number of benzene rings is 1. The van der Waals surface area contributed by atoms with E-state index < -0.39 is 0 Å². The van der Waals surface area contributed by atoms with Crippen LogP contribution in [0.1, 0.15) is 24.4 Å². The van der Waals surface area contributed by atoms with Gasteiger partial charge >= 0.3 is 0 Å². The largest absolute Gasteiger partial charge is 0.379 e. The molecule has 0 spiro atoms. The monoisotopic (exact) mass is 248 g/mol. The summed E-state index contributed by atoms with van der Waals surface area (Å²) in [5.74, 6) is 0. The highest BCUT2D eigenvalue weighted by atomic mass is 32.1. The number of nitrogens with zero attached hydrogens (tertiary/aromatic N) is 1. The molecule has 1 saturated heterocycles. The van der Waals surface area contributed by atoms with Crippen LogP contribution in [0.5, 0.6) is 0 Å². The number of ether oxygens (including phenoxy) is 1. The lowest BCUT2D eigenvalue weighted by Crippen LogP contribution is -2.21. The maximum Gasteiger partial charge on any atom is 0.178 e. The molecule has 90 valence electrons. The van der Waals surface area contributed by atoms with Crippen molar-refractivity contribution >= 4 is 23.3 Å². The second-order valence-electron chi connectivity index (χ2n) is 4.69. The summed E-state index contributed by atoms with van der Waals surface area (Å²) in [6.07, 6.45) is 2.26. The molecule has 0 amide bonds. The molecule has 1 unspecified atom stereocenters. The third-order valence-corrected chi connectivity index (χ3v) is 3.67. The first-order valence-corrected chi connectivity index (χ1v) is 6.45. The topological polar surface area (TPSA) is 29.9 Å². The second-order valence-corrected chi connectivity index (χ2v) is 5.08. The molecule has 0 aliphatic carbocycles. The fourth-order valence-electron chi connectivity index (χ4n) is 2.53. The molecule has 2 heterocycles. The molecule has 0 bridgehead atoms. The van der Waals surface area contributed by atoms with E-state index in [-0.39, 0.29) is 0 Å². The van der Waals surface area contributed by atoms with Crippen molar-refractivity contribution in [1.82, 2.24) is 9.55 Å². The predicted molar refractivity (Wildman–Crippen MR) is 70.9 cm³/mol. The van der Waals surface area contributed by atoms with Crippen LogP contribution in [0.2, 0.25) is 0 Å². The molecule has 1 atom stereocenters. The van der Waals surface area contributed by atoms with E-state index in [1.807, 2.05) is 0 Å². The van der Waals surface area contributed by atoms with E-state index in [1.165, 1.54) is 11.1 Å². The Labute approximate surface area is 105 Å². The van der Waals surface area contributed by atoms with Crippen molar-refractivity contribution in [3.05, 3.63) is 28.5 Å². The molecule has 4 heteroatoms. The summed E-state index contributed by atoms with van der Waals surface area (Å²) in [6.45, 7) is 3.75. The summed E-state index contributed by atoms with van der Waals surface area (Å²) in [6, 6.07) is 6.80. The van der Waals surface area contributed by atoms with Crippen LogP contribution in [0.4, 0.5) is 0 Å². The van der Waals surface area contributed by atoms with Crippen molar-refractivity contribution in [2.45, 2.75) is 25.8 Å². The van der Waals surface area contributed by atoms with Crippen LogP contribution < -0.4 is 0 Å². The van der Waals surface area contributed by atoms with Crippen molar-refractivity contribution < 1.29 is 4.74 Å². The molecular formula is C13H16N2OS. The van der Waals surface area contributed by atoms with Gasteiger partial charge in [0.2, 0.25) is 0 Å². The van der Waals surface area contributed by atoms with Crippen molar-refractivity contribution in [2.75, 3.05) is 13.2 Å². The van der Waals surface area contributed by atoms with Gasteiger partial charge in [0, 0.05) is 6.61 Å². The maximum absolute atomic E-state index is 5.55. The van der Waals surface area contributed by atoms with E-state index in [0.717, 1.165) is 36.3 Å². The fourth-order valence-corrected chi connectivity index (χ4v) is 2.89. The third-order valence-electron chi connectivity index (χ3n) is 3.37. The van der Waals surface area contributed by atoms with Gasteiger partial charge < -0.3 is 14.3 Å². The molecule has 1 fully saturated rings. The van der Waals surface area contributed by atoms with E-state index in [9.17, 15) is 0 Å². The zero-order valence-corrected chi connectivity index (χ0v) is 10.7. The van der Waals surface area contributed by atoms with E-state index in [2.05, 4.69) is 34.7 Å². The molecule has 1 aromatic heterocycles. The molecule has 1 aliphatic heterocycles. The number of fused-ring (bicyclic) bond motifs is 1. The third kappa shape index (κ3) is 1.91. The fraction of sp³-hybridized carbons (Fsp3) is 0.462. The van der Waals surface area contributed by atoms with Crippen LogP contribution in [-0.2, 0) is 4.74 Å². The Morgan fingerprint density at radius 3 is 3.12 bits per heavy atom. The summed E-state index contributed by atoms with van der Waals surface area (Å²) in [4.78, 5) is 3.29. The van der Waals surface area contributed by atoms with Gasteiger partial charge in [0.25, 0.3) is 0 Å². The second kappa shape index (κ2) is 4.27. The van der Waals surface area contributed by atoms with Gasteiger partial charge in [-0.3, -0.25) is 0 Å². The van der Waals surface area contributed by atoms with Crippen LogP contribution in [-0.4, -0.2) is 22.8 Å². The van der Waals surface area contributed by atoms with Crippen molar-refractivity contribution in [3.8, 4) is 0 Å². The van der Waals surface area contributed by atoms with Gasteiger partial charge in [-0.05, 0) is 49.7 Å². The number of H-pyrrole nitrogens is 1. The van der Waals surface area contributed by atoms with Crippen molar-refractivity contribution in [3.63, 3.8) is 0 Å². The number of nitrogens with one attached hydrogen (secondary N) is 1. The van der Waals surface area contributed by atoms with Crippen LogP contribution in [0.25, 0.3) is 11.0 Å². The Kier molecular flexibility index (Phi) is 2.76. The minimum absolute atomic E-state index is 0.382. The lowest BCUT2D eigenvalue weighted by Gasteiger charge is -2.24. The van der Waals surface area contributed by atoms with E-state index >= 15 is 0 Å². The molecule has 1 aromatic carbocycles.